The van der Waals surface area contributed by atoms with Crippen LogP contribution in [0, 0.1) is 12.7 Å². The Morgan fingerprint density at radius 2 is 1.93 bits per heavy atom. The van der Waals surface area contributed by atoms with Gasteiger partial charge in [0.2, 0.25) is 5.91 Å². The van der Waals surface area contributed by atoms with Gasteiger partial charge in [0.15, 0.2) is 0 Å². The van der Waals surface area contributed by atoms with E-state index in [1.807, 2.05) is 29.7 Å². The van der Waals surface area contributed by atoms with E-state index >= 15 is 0 Å². The Bertz CT molecular complexity index is 838. The number of hydrogen-bond donors (Lipinski definition) is 1. The molecule has 0 aliphatic carbocycles. The maximum Gasteiger partial charge on any atom is 0.253 e. The first-order valence-electron chi connectivity index (χ1n) is 8.69. The van der Waals surface area contributed by atoms with Crippen molar-refractivity contribution in [2.45, 2.75) is 11.8 Å². The van der Waals surface area contributed by atoms with Gasteiger partial charge in [-0.3, -0.25) is 9.59 Å². The van der Waals surface area contributed by atoms with Gasteiger partial charge < -0.3 is 10.2 Å². The number of nitrogens with zero attached hydrogens (tertiary/aromatic N) is 1. The van der Waals surface area contributed by atoms with Crippen LogP contribution in [0.1, 0.15) is 15.9 Å². The summed E-state index contributed by atoms with van der Waals surface area (Å²) >= 11 is 3.02. The molecule has 7 heteroatoms. The Morgan fingerprint density at radius 1 is 1.19 bits per heavy atom. The van der Waals surface area contributed by atoms with Gasteiger partial charge in [-0.2, -0.15) is 11.8 Å². The van der Waals surface area contributed by atoms with Crippen LogP contribution in [0.4, 0.5) is 10.1 Å². The number of halogens is 1. The van der Waals surface area contributed by atoms with Gasteiger partial charge in [-0.1, -0.05) is 12.1 Å². The number of rotatable bonds is 5. The first-order valence-corrected chi connectivity index (χ1v) is 10.8. The monoisotopic (exact) mass is 404 g/mol. The molecule has 1 fully saturated rings. The number of aryl methyl sites for hydroxylation is 1. The van der Waals surface area contributed by atoms with Crippen LogP contribution in [0.25, 0.3) is 0 Å². The summed E-state index contributed by atoms with van der Waals surface area (Å²) in [7, 11) is 0. The quantitative estimate of drug-likeness (QED) is 0.764. The topological polar surface area (TPSA) is 49.4 Å². The largest absolute Gasteiger partial charge is 0.337 e. The summed E-state index contributed by atoms with van der Waals surface area (Å²) in [5.41, 5.74) is 2.13. The fraction of sp³-hybridized carbons (Fsp3) is 0.300. The number of hydrogen-bond acceptors (Lipinski definition) is 4. The van der Waals surface area contributed by atoms with Crippen LogP contribution in [0.5, 0.6) is 0 Å². The third-order valence-electron chi connectivity index (χ3n) is 4.24. The van der Waals surface area contributed by atoms with E-state index in [2.05, 4.69) is 5.32 Å². The minimum atomic E-state index is -0.328. The average molecular weight is 405 g/mol. The molecule has 0 saturated carbocycles. The third-order valence-corrected chi connectivity index (χ3v) is 6.23. The molecule has 0 aromatic heterocycles. The molecule has 3 rings (SSSR count). The van der Waals surface area contributed by atoms with Crippen molar-refractivity contribution in [2.24, 2.45) is 0 Å². The van der Waals surface area contributed by atoms with Crippen molar-refractivity contribution < 1.29 is 14.0 Å². The van der Waals surface area contributed by atoms with Crippen molar-refractivity contribution in [1.82, 2.24) is 4.90 Å². The number of carbonyl (C=O) groups excluding carboxylic acids is 2. The van der Waals surface area contributed by atoms with Crippen LogP contribution in [0.15, 0.2) is 47.4 Å². The van der Waals surface area contributed by atoms with Crippen LogP contribution in [0.2, 0.25) is 0 Å². The fourth-order valence-corrected chi connectivity index (χ4v) is 4.42. The Labute approximate surface area is 166 Å². The Balaban J connectivity index is 1.59. The van der Waals surface area contributed by atoms with Crippen LogP contribution in [-0.4, -0.2) is 47.1 Å². The molecule has 1 aliphatic heterocycles. The highest BCUT2D eigenvalue weighted by atomic mass is 32.2. The SMILES string of the molecule is Cc1cc(C(=O)N2CCSCC2)ccc1NC(=O)CSc1ccccc1F. The van der Waals surface area contributed by atoms with Crippen molar-refractivity contribution in [1.29, 1.82) is 0 Å². The second-order valence-electron chi connectivity index (χ2n) is 6.20. The van der Waals surface area contributed by atoms with E-state index in [9.17, 15) is 14.0 Å². The standard InChI is InChI=1S/C20H21FN2O2S2/c1-14-12-15(20(25)23-8-10-26-11-9-23)6-7-17(14)22-19(24)13-27-18-5-3-2-4-16(18)21/h2-7,12H,8-11,13H2,1H3,(H,22,24). The molecule has 0 spiro atoms. The van der Waals surface area contributed by atoms with Crippen LogP contribution < -0.4 is 5.32 Å². The minimum Gasteiger partial charge on any atom is -0.337 e. The van der Waals surface area contributed by atoms with Crippen LogP contribution in [0.3, 0.4) is 0 Å². The van der Waals surface area contributed by atoms with E-state index in [0.29, 0.717) is 16.1 Å². The molecule has 0 atom stereocenters. The van der Waals surface area contributed by atoms with E-state index in [1.165, 1.54) is 6.07 Å². The molecule has 1 saturated heterocycles. The Morgan fingerprint density at radius 3 is 2.63 bits per heavy atom. The third kappa shape index (κ3) is 5.26. The molecule has 2 amide bonds. The molecule has 1 aliphatic rings. The molecular formula is C20H21FN2O2S2. The van der Waals surface area contributed by atoms with Crippen molar-refractivity contribution in [3.63, 3.8) is 0 Å². The van der Waals surface area contributed by atoms with E-state index in [4.69, 9.17) is 0 Å². The number of benzene rings is 2. The van der Waals surface area contributed by atoms with E-state index in [1.54, 1.807) is 30.3 Å². The molecule has 1 N–H and O–H groups in total. The van der Waals surface area contributed by atoms with Crippen molar-refractivity contribution in [3.05, 3.63) is 59.4 Å². The molecule has 1 heterocycles. The number of anilines is 1. The van der Waals surface area contributed by atoms with Crippen LogP contribution >= 0.6 is 23.5 Å². The molecular weight excluding hydrogens is 383 g/mol. The molecule has 27 heavy (non-hydrogen) atoms. The zero-order valence-corrected chi connectivity index (χ0v) is 16.7. The Hall–Kier alpha value is -1.99. The van der Waals surface area contributed by atoms with E-state index in [-0.39, 0.29) is 23.4 Å². The molecule has 0 bridgehead atoms. The predicted molar refractivity (Wildman–Crippen MR) is 110 cm³/mol. The average Bonchev–Trinajstić information content (AvgIpc) is 2.69. The lowest BCUT2D eigenvalue weighted by Gasteiger charge is -2.26. The summed E-state index contributed by atoms with van der Waals surface area (Å²) in [5.74, 6) is 1.55. The van der Waals surface area contributed by atoms with Crippen molar-refractivity contribution in [2.75, 3.05) is 35.7 Å². The van der Waals surface area contributed by atoms with Gasteiger partial charge in [-0.15, -0.1) is 11.8 Å². The second-order valence-corrected chi connectivity index (χ2v) is 8.44. The minimum absolute atomic E-state index is 0.0337. The van der Waals surface area contributed by atoms with Gasteiger partial charge in [0.1, 0.15) is 5.82 Å². The van der Waals surface area contributed by atoms with Gasteiger partial charge in [0.05, 0.1) is 5.75 Å². The van der Waals surface area contributed by atoms with Gasteiger partial charge in [-0.05, 0) is 42.8 Å². The van der Waals surface area contributed by atoms with Crippen LogP contribution in [-0.2, 0) is 4.79 Å². The smallest absolute Gasteiger partial charge is 0.253 e. The summed E-state index contributed by atoms with van der Waals surface area (Å²) < 4.78 is 13.6. The number of carbonyl (C=O) groups is 2. The highest BCUT2D eigenvalue weighted by Crippen LogP contribution is 2.23. The molecule has 0 unspecified atom stereocenters. The highest BCUT2D eigenvalue weighted by molar-refractivity contribution is 8.00. The highest BCUT2D eigenvalue weighted by Gasteiger charge is 2.19. The lowest BCUT2D eigenvalue weighted by Crippen LogP contribution is -2.37. The van der Waals surface area contributed by atoms with E-state index in [0.717, 1.165) is 41.9 Å². The lowest BCUT2D eigenvalue weighted by atomic mass is 10.1. The molecule has 2 aromatic rings. The predicted octanol–water partition coefficient (Wildman–Crippen LogP) is 4.05. The summed E-state index contributed by atoms with van der Waals surface area (Å²) in [6, 6.07) is 11.7. The second kappa shape index (κ2) is 9.28. The zero-order chi connectivity index (χ0) is 19.2. The first-order chi connectivity index (χ1) is 13.0. The zero-order valence-electron chi connectivity index (χ0n) is 15.0. The normalized spacial score (nSPS) is 14.1. The molecule has 0 radical (unpaired) electrons. The summed E-state index contributed by atoms with van der Waals surface area (Å²) in [6.45, 7) is 3.41. The molecule has 2 aromatic carbocycles. The van der Waals surface area contributed by atoms with E-state index < -0.39 is 0 Å². The van der Waals surface area contributed by atoms with Gasteiger partial charge in [0, 0.05) is 40.7 Å². The maximum absolute atomic E-state index is 13.6. The van der Waals surface area contributed by atoms with Crippen molar-refractivity contribution >= 4 is 41.0 Å². The summed E-state index contributed by atoms with van der Waals surface area (Å²) in [4.78, 5) is 27.1. The summed E-state index contributed by atoms with van der Waals surface area (Å²) in [6.07, 6.45) is 0. The van der Waals surface area contributed by atoms with Gasteiger partial charge >= 0.3 is 0 Å². The van der Waals surface area contributed by atoms with Gasteiger partial charge in [-0.25, -0.2) is 4.39 Å². The Kier molecular flexibility index (Phi) is 6.79. The van der Waals surface area contributed by atoms with Crippen molar-refractivity contribution in [3.8, 4) is 0 Å². The lowest BCUT2D eigenvalue weighted by molar-refractivity contribution is -0.113. The number of amides is 2. The fourth-order valence-electron chi connectivity index (χ4n) is 2.78. The van der Waals surface area contributed by atoms with Gasteiger partial charge in [0.25, 0.3) is 5.91 Å². The number of nitrogens with one attached hydrogen (secondary N) is 1. The summed E-state index contributed by atoms with van der Waals surface area (Å²) in [5, 5.41) is 2.84. The maximum atomic E-state index is 13.6. The number of thioether (sulfide) groups is 2. The molecule has 4 nitrogen and oxygen atoms in total. The molecule has 142 valence electrons. The first kappa shape index (κ1) is 19.8.